The molecule has 1 atom stereocenters. The number of nitrogens with zero attached hydrogens (tertiary/aromatic N) is 1. The van der Waals surface area contributed by atoms with E-state index in [1.165, 1.54) is 6.92 Å². The summed E-state index contributed by atoms with van der Waals surface area (Å²) in [5.74, 6) is -1.31. The van der Waals surface area contributed by atoms with Crippen LogP contribution in [0.4, 0.5) is 18.9 Å². The van der Waals surface area contributed by atoms with Gasteiger partial charge in [-0.15, -0.1) is 19.6 Å². The largest absolute Gasteiger partial charge is 0.573 e. The molecule has 1 aliphatic carbocycles. The van der Waals surface area contributed by atoms with Crippen LogP contribution < -0.4 is 9.64 Å². The summed E-state index contributed by atoms with van der Waals surface area (Å²) in [5.41, 5.74) is -1.70. The highest BCUT2D eigenvalue weighted by Crippen LogP contribution is 2.41. The number of carbonyl (C=O) groups is 2. The highest BCUT2D eigenvalue weighted by molar-refractivity contribution is 6.32. The first-order chi connectivity index (χ1) is 13.0. The summed E-state index contributed by atoms with van der Waals surface area (Å²) in [6, 6.07) is 3.10. The minimum Gasteiger partial charge on any atom is -0.479 e. The smallest absolute Gasteiger partial charge is 0.479 e. The van der Waals surface area contributed by atoms with Gasteiger partial charge in [0.25, 0.3) is 0 Å². The number of carbonyl (C=O) groups excluding carboxylic acids is 1. The Morgan fingerprint density at radius 3 is 2.36 bits per heavy atom. The van der Waals surface area contributed by atoms with Crippen molar-refractivity contribution in [3.63, 3.8) is 0 Å². The van der Waals surface area contributed by atoms with E-state index in [9.17, 15) is 27.9 Å². The first-order valence-electron chi connectivity index (χ1n) is 8.60. The van der Waals surface area contributed by atoms with Crippen molar-refractivity contribution in [3.05, 3.63) is 23.2 Å². The Labute approximate surface area is 165 Å². The number of anilines is 1. The Morgan fingerprint density at radius 1 is 1.29 bits per heavy atom. The molecule has 1 aliphatic rings. The molecule has 1 aromatic carbocycles. The van der Waals surface area contributed by atoms with E-state index in [4.69, 9.17) is 18.0 Å². The van der Waals surface area contributed by atoms with Crippen LogP contribution in [-0.4, -0.2) is 28.9 Å². The summed E-state index contributed by atoms with van der Waals surface area (Å²) < 4.78 is 41.2. The minimum atomic E-state index is -4.95. The topological polar surface area (TPSA) is 66.8 Å². The fraction of sp³-hybridized carbons (Fsp3) is 0.474. The summed E-state index contributed by atoms with van der Waals surface area (Å²) in [6.07, 6.45) is 4.05. The molecule has 2 rings (SSSR count). The predicted molar refractivity (Wildman–Crippen MR) is 97.1 cm³/mol. The van der Waals surface area contributed by atoms with Crippen molar-refractivity contribution in [2.24, 2.45) is 5.92 Å². The van der Waals surface area contributed by atoms with Crippen LogP contribution in [-0.2, 0) is 9.59 Å². The first kappa shape index (κ1) is 21.9. The van der Waals surface area contributed by atoms with Gasteiger partial charge >= 0.3 is 18.2 Å². The van der Waals surface area contributed by atoms with Gasteiger partial charge in [0, 0.05) is 5.69 Å². The normalized spacial score (nSPS) is 17.3. The number of amides is 1. The van der Waals surface area contributed by atoms with Crippen LogP contribution in [0.25, 0.3) is 0 Å². The van der Waals surface area contributed by atoms with Gasteiger partial charge in [-0.25, -0.2) is 4.79 Å². The average molecular weight is 418 g/mol. The van der Waals surface area contributed by atoms with Crippen LogP contribution >= 0.6 is 11.6 Å². The lowest BCUT2D eigenvalue weighted by atomic mass is 9.74. The van der Waals surface area contributed by atoms with Crippen LogP contribution in [0.3, 0.4) is 0 Å². The molecule has 1 fully saturated rings. The molecular weight excluding hydrogens is 399 g/mol. The fourth-order valence-corrected chi connectivity index (χ4v) is 3.83. The number of carboxylic acid groups (broad SMARTS) is 1. The highest BCUT2D eigenvalue weighted by Gasteiger charge is 2.49. The molecule has 28 heavy (non-hydrogen) atoms. The van der Waals surface area contributed by atoms with Crippen molar-refractivity contribution in [1.82, 2.24) is 0 Å². The van der Waals surface area contributed by atoms with Gasteiger partial charge in [0.15, 0.2) is 0 Å². The van der Waals surface area contributed by atoms with Gasteiger partial charge in [-0.1, -0.05) is 30.9 Å². The van der Waals surface area contributed by atoms with E-state index in [2.05, 4.69) is 4.74 Å². The van der Waals surface area contributed by atoms with Gasteiger partial charge in [0.2, 0.25) is 0 Å². The third kappa shape index (κ3) is 4.53. The second-order valence-corrected chi connectivity index (χ2v) is 7.14. The van der Waals surface area contributed by atoms with Gasteiger partial charge in [-0.05, 0) is 49.8 Å². The molecular formula is C19H19ClF3NO4. The van der Waals surface area contributed by atoms with E-state index in [0.717, 1.165) is 42.4 Å². The molecule has 0 aliphatic heterocycles. The van der Waals surface area contributed by atoms with E-state index in [-0.39, 0.29) is 11.6 Å². The number of benzene rings is 1. The Bertz CT molecular complexity index is 799. The molecule has 1 aromatic rings. The zero-order valence-electron chi connectivity index (χ0n) is 15.1. The maximum Gasteiger partial charge on any atom is 0.573 e. The van der Waals surface area contributed by atoms with Crippen LogP contribution in [0.1, 0.15) is 39.0 Å². The monoisotopic (exact) mass is 417 g/mol. The molecule has 1 unspecified atom stereocenters. The van der Waals surface area contributed by atoms with Crippen molar-refractivity contribution in [2.75, 3.05) is 4.90 Å². The molecule has 0 aromatic heterocycles. The van der Waals surface area contributed by atoms with Crippen molar-refractivity contribution in [1.29, 1.82) is 0 Å². The van der Waals surface area contributed by atoms with Gasteiger partial charge < -0.3 is 9.84 Å². The van der Waals surface area contributed by atoms with Crippen molar-refractivity contribution in [3.8, 4) is 18.1 Å². The fourth-order valence-electron chi connectivity index (χ4n) is 3.61. The van der Waals surface area contributed by atoms with Crippen molar-refractivity contribution >= 4 is 29.2 Å². The number of ether oxygens (including phenoxy) is 1. The second kappa shape index (κ2) is 8.31. The third-order valence-electron chi connectivity index (χ3n) is 5.02. The van der Waals surface area contributed by atoms with E-state index >= 15 is 0 Å². The Hall–Kier alpha value is -2.40. The average Bonchev–Trinajstić information content (AvgIpc) is 2.63. The lowest BCUT2D eigenvalue weighted by Gasteiger charge is -2.44. The van der Waals surface area contributed by atoms with Crippen molar-refractivity contribution in [2.45, 2.75) is 50.9 Å². The summed E-state index contributed by atoms with van der Waals surface area (Å²) in [4.78, 5) is 25.7. The number of carboxylic acids is 1. The van der Waals surface area contributed by atoms with E-state index < -0.39 is 34.5 Å². The van der Waals surface area contributed by atoms with Crippen LogP contribution in [0, 0.1) is 18.3 Å². The maximum atomic E-state index is 12.5. The molecule has 0 radical (unpaired) electrons. The standard InChI is InChI=1S/C19H19ClF3NO4/c1-3-16(25)24(18(2,17(26)27)12-7-5-4-6-8-12)13-9-10-15(14(20)11-13)28-19(21,22)23/h1,9-12H,4-8H2,2H3,(H,26,27). The number of alkyl halides is 3. The number of hydrogen-bond donors (Lipinski definition) is 1. The lowest BCUT2D eigenvalue weighted by Crippen LogP contribution is -2.60. The first-order valence-corrected chi connectivity index (χ1v) is 8.98. The van der Waals surface area contributed by atoms with E-state index in [0.29, 0.717) is 12.8 Å². The molecule has 0 saturated heterocycles. The van der Waals surface area contributed by atoms with Gasteiger partial charge in [-0.2, -0.15) is 0 Å². The Morgan fingerprint density at radius 2 is 1.89 bits per heavy atom. The summed E-state index contributed by atoms with van der Waals surface area (Å²) in [7, 11) is 0. The van der Waals surface area contributed by atoms with Gasteiger partial charge in [-0.3, -0.25) is 9.69 Å². The number of rotatable bonds is 5. The molecule has 5 nitrogen and oxygen atoms in total. The summed E-state index contributed by atoms with van der Waals surface area (Å²) in [5, 5.41) is 9.54. The van der Waals surface area contributed by atoms with E-state index in [1.807, 2.05) is 5.92 Å². The van der Waals surface area contributed by atoms with Crippen LogP contribution in [0.2, 0.25) is 5.02 Å². The zero-order chi connectivity index (χ0) is 21.1. The summed E-state index contributed by atoms with van der Waals surface area (Å²) >= 11 is 5.88. The molecule has 1 saturated carbocycles. The molecule has 0 heterocycles. The third-order valence-corrected chi connectivity index (χ3v) is 5.32. The number of aliphatic carboxylic acids is 1. The predicted octanol–water partition coefficient (Wildman–Crippen LogP) is 4.63. The molecule has 152 valence electrons. The molecule has 9 heteroatoms. The molecule has 0 spiro atoms. The van der Waals surface area contributed by atoms with Crippen LogP contribution in [0.15, 0.2) is 18.2 Å². The quantitative estimate of drug-likeness (QED) is 0.709. The Balaban J connectivity index is 2.53. The van der Waals surface area contributed by atoms with Crippen molar-refractivity contribution < 1.29 is 32.6 Å². The second-order valence-electron chi connectivity index (χ2n) is 6.74. The minimum absolute atomic E-state index is 0.0158. The van der Waals surface area contributed by atoms with E-state index in [1.54, 1.807) is 0 Å². The number of halogens is 4. The van der Waals surface area contributed by atoms with Gasteiger partial charge in [0.05, 0.1) is 5.02 Å². The number of hydrogen-bond acceptors (Lipinski definition) is 3. The molecule has 1 amide bonds. The number of terminal acetylenes is 1. The summed E-state index contributed by atoms with van der Waals surface area (Å²) in [6.45, 7) is 1.40. The van der Waals surface area contributed by atoms with Gasteiger partial charge in [0.1, 0.15) is 11.3 Å². The highest BCUT2D eigenvalue weighted by atomic mass is 35.5. The Kier molecular flexibility index (Phi) is 6.50. The molecule has 0 bridgehead atoms. The molecule has 1 N–H and O–H groups in total. The van der Waals surface area contributed by atoms with Crippen LogP contribution in [0.5, 0.6) is 5.75 Å². The maximum absolute atomic E-state index is 12.5. The lowest BCUT2D eigenvalue weighted by molar-refractivity contribution is -0.274. The zero-order valence-corrected chi connectivity index (χ0v) is 15.8. The SMILES string of the molecule is C#CC(=O)N(c1ccc(OC(F)(F)F)c(Cl)c1)C(C)(C(=O)O)C1CCCCC1.